The summed E-state index contributed by atoms with van der Waals surface area (Å²) in [5.41, 5.74) is 2.32. The summed E-state index contributed by atoms with van der Waals surface area (Å²) in [7, 11) is 0. The predicted molar refractivity (Wildman–Crippen MR) is 139 cm³/mol. The van der Waals surface area contributed by atoms with E-state index < -0.39 is 0 Å². The predicted octanol–water partition coefficient (Wildman–Crippen LogP) is 9.52. The highest BCUT2D eigenvalue weighted by atomic mass is 14.7. The first-order chi connectivity index (χ1) is 15.2. The van der Waals surface area contributed by atoms with Gasteiger partial charge in [-0.05, 0) is 44.0 Å². The van der Waals surface area contributed by atoms with Crippen LogP contribution in [-0.4, -0.2) is 9.97 Å². The summed E-state index contributed by atoms with van der Waals surface area (Å²) in [6.45, 7) is 8.72. The average molecular weight is 427 g/mol. The Morgan fingerprint density at radius 1 is 0.516 bits per heavy atom. The maximum atomic E-state index is 4.35. The zero-order valence-corrected chi connectivity index (χ0v) is 21.1. The van der Waals surface area contributed by atoms with Crippen molar-refractivity contribution in [1.29, 1.82) is 0 Å². The molecule has 2 aromatic heterocycles. The lowest BCUT2D eigenvalue weighted by Crippen LogP contribution is -1.89. The molecule has 0 radical (unpaired) electrons. The van der Waals surface area contributed by atoms with Crippen molar-refractivity contribution in [3.8, 4) is 0 Å². The summed E-state index contributed by atoms with van der Waals surface area (Å²) in [5.74, 6) is 0. The first kappa shape index (κ1) is 29.3. The molecule has 0 atom stereocenters. The largest absolute Gasteiger partial charge is 0.262 e. The van der Waals surface area contributed by atoms with Crippen LogP contribution >= 0.6 is 0 Å². The molecule has 0 aliphatic heterocycles. The van der Waals surface area contributed by atoms with Gasteiger partial charge in [0.1, 0.15) is 0 Å². The third-order valence-electron chi connectivity index (χ3n) is 5.28. The number of pyridine rings is 2. The average Bonchev–Trinajstić information content (AvgIpc) is 2.81. The lowest BCUT2D eigenvalue weighted by atomic mass is 10.1. The molecule has 0 aliphatic carbocycles. The first-order valence-electron chi connectivity index (χ1n) is 13.0. The minimum Gasteiger partial charge on any atom is -0.262 e. The van der Waals surface area contributed by atoms with Crippen molar-refractivity contribution >= 4 is 0 Å². The van der Waals surface area contributed by atoms with E-state index in [1.807, 2.05) is 37.4 Å². The number of unbranched alkanes of at least 4 members (excludes halogenated alkanes) is 12. The number of nitrogens with zero attached hydrogens (tertiary/aromatic N) is 2. The number of aryl methyl sites for hydroxylation is 2. The third kappa shape index (κ3) is 22.8. The van der Waals surface area contributed by atoms with Gasteiger partial charge in [0.25, 0.3) is 0 Å². The van der Waals surface area contributed by atoms with Crippen LogP contribution < -0.4 is 0 Å². The van der Waals surface area contributed by atoms with Crippen LogP contribution in [0.1, 0.15) is 122 Å². The van der Waals surface area contributed by atoms with Gasteiger partial charge in [0.15, 0.2) is 0 Å². The van der Waals surface area contributed by atoms with Crippen LogP contribution in [0.4, 0.5) is 0 Å². The van der Waals surface area contributed by atoms with Gasteiger partial charge in [0.05, 0.1) is 0 Å². The Kier molecular flexibility index (Phi) is 23.2. The minimum absolute atomic E-state index is 1.07. The van der Waals surface area contributed by atoms with E-state index in [1.54, 1.807) is 6.20 Å². The van der Waals surface area contributed by atoms with Crippen molar-refractivity contribution in [2.24, 2.45) is 0 Å². The molecule has 0 unspecified atom stereocenters. The Labute approximate surface area is 194 Å². The molecule has 2 heterocycles. The molecule has 0 fully saturated rings. The topological polar surface area (TPSA) is 25.8 Å². The highest BCUT2D eigenvalue weighted by Crippen LogP contribution is 2.11. The number of hydrogen-bond donors (Lipinski definition) is 0. The van der Waals surface area contributed by atoms with Gasteiger partial charge in [-0.1, -0.05) is 116 Å². The number of aromatic nitrogens is 2. The highest BCUT2D eigenvalue weighted by molar-refractivity contribution is 5.03. The van der Waals surface area contributed by atoms with E-state index in [-0.39, 0.29) is 0 Å². The third-order valence-corrected chi connectivity index (χ3v) is 5.28. The zero-order chi connectivity index (χ0) is 22.8. The first-order valence-corrected chi connectivity index (χ1v) is 13.0. The van der Waals surface area contributed by atoms with Crippen LogP contribution in [-0.2, 0) is 6.42 Å². The van der Waals surface area contributed by atoms with Crippen molar-refractivity contribution in [2.45, 2.75) is 124 Å². The van der Waals surface area contributed by atoms with Gasteiger partial charge >= 0.3 is 0 Å². The highest BCUT2D eigenvalue weighted by Gasteiger charge is 1.95. The Bertz CT molecular complexity index is 549. The molecule has 2 aromatic rings. The van der Waals surface area contributed by atoms with E-state index in [9.17, 15) is 0 Å². The van der Waals surface area contributed by atoms with E-state index >= 15 is 0 Å². The fourth-order valence-electron chi connectivity index (χ4n) is 3.29. The summed E-state index contributed by atoms with van der Waals surface area (Å²) in [4.78, 5) is 8.33. The fraction of sp³-hybridized carbons (Fsp3) is 0.655. The monoisotopic (exact) mass is 426 g/mol. The quantitative estimate of drug-likeness (QED) is 0.281. The Morgan fingerprint density at radius 3 is 1.35 bits per heavy atom. The Morgan fingerprint density at radius 2 is 0.968 bits per heavy atom. The fourth-order valence-corrected chi connectivity index (χ4v) is 3.29. The molecule has 0 bridgehead atoms. The van der Waals surface area contributed by atoms with Crippen LogP contribution in [0.25, 0.3) is 0 Å². The second kappa shape index (κ2) is 24.6. The van der Waals surface area contributed by atoms with Crippen molar-refractivity contribution in [2.75, 3.05) is 0 Å². The summed E-state index contributed by atoms with van der Waals surface area (Å²) in [6, 6.07) is 12.1. The summed E-state index contributed by atoms with van der Waals surface area (Å²) in [5, 5.41) is 0. The van der Waals surface area contributed by atoms with E-state index in [2.05, 4.69) is 42.9 Å². The van der Waals surface area contributed by atoms with Gasteiger partial charge < -0.3 is 0 Å². The Balaban J connectivity index is 0.000000563. The Hall–Kier alpha value is -1.70. The van der Waals surface area contributed by atoms with E-state index in [4.69, 9.17) is 0 Å². The van der Waals surface area contributed by atoms with Crippen LogP contribution in [0.15, 0.2) is 48.8 Å². The van der Waals surface area contributed by atoms with E-state index in [1.165, 1.54) is 95.6 Å². The van der Waals surface area contributed by atoms with Gasteiger partial charge in [-0.3, -0.25) is 9.97 Å². The molecular weight excluding hydrogens is 376 g/mol. The lowest BCUT2D eigenvalue weighted by molar-refractivity contribution is 0.555. The molecule has 0 N–H and O–H groups in total. The molecule has 0 saturated carbocycles. The number of hydrogen-bond acceptors (Lipinski definition) is 2. The van der Waals surface area contributed by atoms with Crippen molar-refractivity contribution < 1.29 is 0 Å². The smallest absolute Gasteiger partial charge is 0.0403 e. The second-order valence-electron chi connectivity index (χ2n) is 8.43. The molecule has 0 saturated heterocycles. The standard InChI is InChI=1S/C17H29N.C6H7N.C6H14/c1-2-3-4-5-6-7-8-9-10-11-14-17-15-12-13-16-18-17;1-6-4-2-3-5-7-6;1-3-5-6-4-2/h12-13,15-16H,2-11,14H2,1H3;2-5H,1H3;3-6H2,1-2H3. The van der Waals surface area contributed by atoms with Gasteiger partial charge in [0.2, 0.25) is 0 Å². The van der Waals surface area contributed by atoms with Gasteiger partial charge in [-0.15, -0.1) is 0 Å². The van der Waals surface area contributed by atoms with E-state index in [0.717, 1.165) is 12.1 Å². The summed E-state index contributed by atoms with van der Waals surface area (Å²) in [6.07, 6.45) is 24.4. The maximum absolute atomic E-state index is 4.35. The molecule has 31 heavy (non-hydrogen) atoms. The minimum atomic E-state index is 1.07. The van der Waals surface area contributed by atoms with Crippen molar-refractivity contribution in [3.05, 3.63) is 60.2 Å². The molecule has 0 aromatic carbocycles. The molecule has 176 valence electrons. The van der Waals surface area contributed by atoms with Crippen LogP contribution in [0, 0.1) is 6.92 Å². The maximum Gasteiger partial charge on any atom is 0.0403 e. The van der Waals surface area contributed by atoms with Gasteiger partial charge in [-0.25, -0.2) is 0 Å². The molecule has 2 rings (SSSR count). The molecule has 2 nitrogen and oxygen atoms in total. The van der Waals surface area contributed by atoms with Crippen molar-refractivity contribution in [3.63, 3.8) is 0 Å². The summed E-state index contributed by atoms with van der Waals surface area (Å²) < 4.78 is 0. The van der Waals surface area contributed by atoms with Crippen LogP contribution in [0.5, 0.6) is 0 Å². The molecule has 2 heteroatoms. The number of rotatable bonds is 14. The second-order valence-corrected chi connectivity index (χ2v) is 8.43. The zero-order valence-electron chi connectivity index (χ0n) is 21.1. The summed E-state index contributed by atoms with van der Waals surface area (Å²) >= 11 is 0. The van der Waals surface area contributed by atoms with Gasteiger partial charge in [-0.2, -0.15) is 0 Å². The molecular formula is C29H50N2. The van der Waals surface area contributed by atoms with Gasteiger partial charge in [0, 0.05) is 23.8 Å². The normalized spacial score (nSPS) is 9.94. The molecule has 0 spiro atoms. The molecule has 0 aliphatic rings. The van der Waals surface area contributed by atoms with Crippen LogP contribution in [0.2, 0.25) is 0 Å². The SMILES string of the molecule is CCCCCC.CCCCCCCCCCCCc1ccccn1.Cc1ccccn1. The van der Waals surface area contributed by atoms with E-state index in [0.29, 0.717) is 0 Å². The lowest BCUT2D eigenvalue weighted by Gasteiger charge is -2.02. The van der Waals surface area contributed by atoms with Crippen molar-refractivity contribution in [1.82, 2.24) is 9.97 Å². The van der Waals surface area contributed by atoms with Crippen LogP contribution in [0.3, 0.4) is 0 Å². The molecule has 0 amide bonds.